The van der Waals surface area contributed by atoms with Gasteiger partial charge in [-0.15, -0.1) is 0 Å². The second-order valence-electron chi connectivity index (χ2n) is 8.15. The van der Waals surface area contributed by atoms with E-state index in [1.807, 2.05) is 0 Å². The summed E-state index contributed by atoms with van der Waals surface area (Å²) in [5, 5.41) is 0. The van der Waals surface area contributed by atoms with E-state index >= 15 is 0 Å². The van der Waals surface area contributed by atoms with Gasteiger partial charge in [-0.25, -0.2) is 0 Å². The summed E-state index contributed by atoms with van der Waals surface area (Å²) in [6, 6.07) is 17.4. The van der Waals surface area contributed by atoms with E-state index in [1.165, 1.54) is 61.6 Å². The molecule has 3 atom stereocenters. The van der Waals surface area contributed by atoms with Crippen LogP contribution >= 0.6 is 0 Å². The molecule has 3 rings (SSSR count). The number of fused-ring (bicyclic) bond motifs is 1. The van der Waals surface area contributed by atoms with Crippen molar-refractivity contribution in [2.45, 2.75) is 71.8 Å². The maximum absolute atomic E-state index is 6.55. The van der Waals surface area contributed by atoms with Gasteiger partial charge >= 0.3 is 0 Å². The molecule has 0 spiro atoms. The summed E-state index contributed by atoms with van der Waals surface area (Å²) in [6.45, 7) is 6.80. The van der Waals surface area contributed by atoms with Crippen molar-refractivity contribution in [1.82, 2.24) is 0 Å². The third-order valence-corrected chi connectivity index (χ3v) is 6.08. The van der Waals surface area contributed by atoms with Crippen molar-refractivity contribution in [1.29, 1.82) is 0 Å². The average molecular weight is 351 g/mol. The molecule has 0 aromatic heterocycles. The molecule has 1 heteroatoms. The molecule has 1 nitrogen and oxygen atoms in total. The molecule has 0 aliphatic heterocycles. The molecule has 0 heterocycles. The topological polar surface area (TPSA) is 9.23 Å². The van der Waals surface area contributed by atoms with Crippen LogP contribution in [0, 0.1) is 18.8 Å². The van der Waals surface area contributed by atoms with Gasteiger partial charge in [-0.2, -0.15) is 0 Å². The van der Waals surface area contributed by atoms with Gasteiger partial charge in [0.2, 0.25) is 0 Å². The maximum atomic E-state index is 6.55. The molecule has 0 amide bonds. The Morgan fingerprint density at radius 2 is 1.81 bits per heavy atom. The lowest BCUT2D eigenvalue weighted by molar-refractivity contribution is 0.111. The molecular formula is C25H34O. The highest BCUT2D eigenvalue weighted by molar-refractivity contribution is 5.34. The van der Waals surface area contributed by atoms with Gasteiger partial charge in [-0.3, -0.25) is 0 Å². The Morgan fingerprint density at radius 3 is 2.58 bits per heavy atom. The number of aryl methyl sites for hydroxylation is 2. The predicted octanol–water partition coefficient (Wildman–Crippen LogP) is 7.28. The van der Waals surface area contributed by atoms with Gasteiger partial charge in [0.05, 0.1) is 0 Å². The molecule has 2 aromatic carbocycles. The van der Waals surface area contributed by atoms with Crippen molar-refractivity contribution in [3.05, 3.63) is 65.2 Å². The van der Waals surface area contributed by atoms with Crippen LogP contribution in [0.5, 0.6) is 5.75 Å². The van der Waals surface area contributed by atoms with Crippen molar-refractivity contribution in [3.63, 3.8) is 0 Å². The lowest BCUT2D eigenvalue weighted by atomic mass is 9.78. The van der Waals surface area contributed by atoms with Crippen molar-refractivity contribution in [2.24, 2.45) is 11.8 Å². The molecule has 26 heavy (non-hydrogen) atoms. The van der Waals surface area contributed by atoms with E-state index in [0.717, 1.165) is 11.7 Å². The maximum Gasteiger partial charge on any atom is 0.127 e. The number of hydrogen-bond acceptors (Lipinski definition) is 1. The van der Waals surface area contributed by atoms with Crippen LogP contribution < -0.4 is 4.74 Å². The van der Waals surface area contributed by atoms with Gasteiger partial charge in [0.25, 0.3) is 0 Å². The monoisotopic (exact) mass is 350 g/mol. The van der Waals surface area contributed by atoms with Crippen LogP contribution in [0.25, 0.3) is 0 Å². The first-order valence-corrected chi connectivity index (χ1v) is 10.5. The van der Waals surface area contributed by atoms with Crippen LogP contribution in [0.3, 0.4) is 0 Å². The summed E-state index contributed by atoms with van der Waals surface area (Å²) < 4.78 is 6.55. The summed E-state index contributed by atoms with van der Waals surface area (Å²) in [5.41, 5.74) is 4.16. The zero-order chi connectivity index (χ0) is 18.4. The first kappa shape index (κ1) is 19.0. The zero-order valence-electron chi connectivity index (χ0n) is 16.7. The van der Waals surface area contributed by atoms with Gasteiger partial charge in [-0.1, -0.05) is 81.5 Å². The number of ether oxygens (including phenoxy) is 1. The van der Waals surface area contributed by atoms with E-state index in [9.17, 15) is 0 Å². The summed E-state index contributed by atoms with van der Waals surface area (Å²) in [6.07, 6.45) is 9.26. The number of unbranched alkanes of at least 4 members (excludes halogenated alkanes) is 1. The minimum Gasteiger partial charge on any atom is -0.485 e. The van der Waals surface area contributed by atoms with Crippen molar-refractivity contribution in [3.8, 4) is 5.75 Å². The van der Waals surface area contributed by atoms with Crippen LogP contribution in [0.15, 0.2) is 48.5 Å². The normalized spacial score (nSPS) is 20.4. The fourth-order valence-corrected chi connectivity index (χ4v) is 4.11. The van der Waals surface area contributed by atoms with Gasteiger partial charge in [0, 0.05) is 5.92 Å². The molecule has 2 aromatic rings. The van der Waals surface area contributed by atoms with E-state index in [0.29, 0.717) is 5.92 Å². The standard InChI is InChI=1S/C25H34O/c1-4-19(2)9-5-6-11-22-16-15-21-10-7-8-12-24(21)25(22)26-23-17-13-20(3)14-18-23/h7-8,10,12-14,17-19,22,25H,4-6,9,11,15-16H2,1-3H3/t19-,22?,25-/m1/s1. The molecule has 140 valence electrons. The fraction of sp³-hybridized carbons (Fsp3) is 0.520. The number of benzene rings is 2. The van der Waals surface area contributed by atoms with E-state index in [-0.39, 0.29) is 6.10 Å². The molecule has 1 aliphatic carbocycles. The average Bonchev–Trinajstić information content (AvgIpc) is 2.68. The molecule has 0 bridgehead atoms. The molecule has 0 saturated heterocycles. The Balaban J connectivity index is 1.69. The second-order valence-corrected chi connectivity index (χ2v) is 8.15. The Bertz CT molecular complexity index is 673. The number of hydrogen-bond donors (Lipinski definition) is 0. The molecule has 1 aliphatic rings. The third-order valence-electron chi connectivity index (χ3n) is 6.08. The van der Waals surface area contributed by atoms with E-state index < -0.39 is 0 Å². The summed E-state index contributed by atoms with van der Waals surface area (Å²) in [4.78, 5) is 0. The highest BCUT2D eigenvalue weighted by Gasteiger charge is 2.30. The molecule has 1 unspecified atom stereocenters. The first-order valence-electron chi connectivity index (χ1n) is 10.5. The predicted molar refractivity (Wildman–Crippen MR) is 111 cm³/mol. The summed E-state index contributed by atoms with van der Waals surface area (Å²) in [7, 11) is 0. The molecule has 0 fully saturated rings. The minimum absolute atomic E-state index is 0.200. The third kappa shape index (κ3) is 4.90. The van der Waals surface area contributed by atoms with Crippen LogP contribution in [0.2, 0.25) is 0 Å². The van der Waals surface area contributed by atoms with Gasteiger partial charge in [0.1, 0.15) is 11.9 Å². The number of rotatable bonds is 8. The Morgan fingerprint density at radius 1 is 1.04 bits per heavy atom. The molecular weight excluding hydrogens is 316 g/mol. The largest absolute Gasteiger partial charge is 0.485 e. The molecule has 0 N–H and O–H groups in total. The highest BCUT2D eigenvalue weighted by Crippen LogP contribution is 2.40. The fourth-order valence-electron chi connectivity index (χ4n) is 4.11. The first-order chi connectivity index (χ1) is 12.7. The quantitative estimate of drug-likeness (QED) is 0.454. The Kier molecular flexibility index (Phi) is 6.77. The Labute approximate surface area is 159 Å². The van der Waals surface area contributed by atoms with Crippen LogP contribution in [0.4, 0.5) is 0 Å². The van der Waals surface area contributed by atoms with Gasteiger partial charge in [-0.05, 0) is 55.4 Å². The van der Waals surface area contributed by atoms with E-state index in [1.54, 1.807) is 0 Å². The highest BCUT2D eigenvalue weighted by atomic mass is 16.5. The minimum atomic E-state index is 0.200. The SMILES string of the molecule is CC[C@@H](C)CCCCC1CCc2ccccc2[C@@H]1Oc1ccc(C)cc1. The smallest absolute Gasteiger partial charge is 0.127 e. The van der Waals surface area contributed by atoms with Crippen LogP contribution in [0.1, 0.15) is 75.2 Å². The lowest BCUT2D eigenvalue weighted by Crippen LogP contribution is -2.25. The van der Waals surface area contributed by atoms with E-state index in [2.05, 4.69) is 69.3 Å². The summed E-state index contributed by atoms with van der Waals surface area (Å²) in [5.74, 6) is 2.49. The van der Waals surface area contributed by atoms with Crippen molar-refractivity contribution in [2.75, 3.05) is 0 Å². The van der Waals surface area contributed by atoms with Crippen molar-refractivity contribution >= 4 is 0 Å². The lowest BCUT2D eigenvalue weighted by Gasteiger charge is -2.34. The van der Waals surface area contributed by atoms with Crippen LogP contribution in [-0.2, 0) is 6.42 Å². The van der Waals surface area contributed by atoms with Gasteiger partial charge < -0.3 is 4.74 Å². The van der Waals surface area contributed by atoms with Crippen molar-refractivity contribution < 1.29 is 4.74 Å². The van der Waals surface area contributed by atoms with Crippen LogP contribution in [-0.4, -0.2) is 0 Å². The Hall–Kier alpha value is -1.76. The summed E-state index contributed by atoms with van der Waals surface area (Å²) >= 11 is 0. The van der Waals surface area contributed by atoms with Gasteiger partial charge in [0.15, 0.2) is 0 Å². The molecule has 0 saturated carbocycles. The van der Waals surface area contributed by atoms with E-state index in [4.69, 9.17) is 4.74 Å². The zero-order valence-corrected chi connectivity index (χ0v) is 16.7. The molecule has 0 radical (unpaired) electrons. The second kappa shape index (κ2) is 9.26.